The molecular weight excluding hydrogens is 475 g/mol. The Balaban J connectivity index is 1.70. The largest absolute Gasteiger partial charge is 0.389 e. The molecule has 0 atom stereocenters. The Labute approximate surface area is 215 Å². The number of fused-ring (bicyclic) bond motifs is 1. The number of aromatic nitrogens is 3. The van der Waals surface area contributed by atoms with E-state index in [4.69, 9.17) is 0 Å². The van der Waals surface area contributed by atoms with E-state index in [-0.39, 0.29) is 29.5 Å². The first kappa shape index (κ1) is 26.5. The minimum Gasteiger partial charge on any atom is -0.389 e. The lowest BCUT2D eigenvalue weighted by Gasteiger charge is -2.29. The van der Waals surface area contributed by atoms with Crippen LogP contribution in [-0.4, -0.2) is 49.6 Å². The van der Waals surface area contributed by atoms with Crippen LogP contribution in [0, 0.1) is 11.7 Å². The summed E-state index contributed by atoms with van der Waals surface area (Å²) >= 11 is 0. The van der Waals surface area contributed by atoms with Gasteiger partial charge < -0.3 is 25.3 Å². The third-order valence-corrected chi connectivity index (χ3v) is 6.48. The lowest BCUT2D eigenvalue weighted by Crippen LogP contribution is -2.38. The number of nitrogens with zero attached hydrogens (tertiary/aromatic N) is 3. The van der Waals surface area contributed by atoms with Crippen molar-refractivity contribution in [3.05, 3.63) is 53.5 Å². The highest BCUT2D eigenvalue weighted by Gasteiger charge is 2.29. The Morgan fingerprint density at radius 3 is 2.51 bits per heavy atom. The molecule has 3 aromatic rings. The Hall–Kier alpha value is -3.53. The SMILES string of the molecule is CC(C)NC(=O)[C@H]1CC[C@@H](n2/c(=N/C(=O)c3ccc(F)cc3)[nH]c3cnc(NCC(C)(C)O)cc32)CC1. The maximum absolute atomic E-state index is 13.3. The number of imidazole rings is 1. The van der Waals surface area contributed by atoms with Gasteiger partial charge in [0.1, 0.15) is 11.6 Å². The average molecular weight is 511 g/mol. The van der Waals surface area contributed by atoms with Crippen molar-refractivity contribution in [3.63, 3.8) is 0 Å². The van der Waals surface area contributed by atoms with Crippen LogP contribution in [0.3, 0.4) is 0 Å². The molecule has 0 spiro atoms. The molecule has 2 heterocycles. The van der Waals surface area contributed by atoms with Crippen LogP contribution in [0.25, 0.3) is 11.0 Å². The van der Waals surface area contributed by atoms with Gasteiger partial charge in [0, 0.05) is 36.2 Å². The number of halogens is 1. The zero-order chi connectivity index (χ0) is 26.7. The molecule has 0 saturated heterocycles. The second-order valence-electron chi connectivity index (χ2n) is 10.7. The molecule has 1 aliphatic carbocycles. The smallest absolute Gasteiger partial charge is 0.280 e. The molecule has 2 aromatic heterocycles. The Bertz CT molecular complexity index is 1330. The van der Waals surface area contributed by atoms with Crippen LogP contribution in [-0.2, 0) is 4.79 Å². The van der Waals surface area contributed by atoms with Crippen molar-refractivity contribution < 1.29 is 19.1 Å². The monoisotopic (exact) mass is 510 g/mol. The van der Waals surface area contributed by atoms with E-state index >= 15 is 0 Å². The normalized spacial score (nSPS) is 18.8. The van der Waals surface area contributed by atoms with Gasteiger partial charge in [0.2, 0.25) is 11.5 Å². The van der Waals surface area contributed by atoms with E-state index in [1.165, 1.54) is 24.3 Å². The number of hydrogen-bond acceptors (Lipinski definition) is 5. The number of rotatable bonds is 7. The lowest BCUT2D eigenvalue weighted by atomic mass is 9.85. The first-order valence-corrected chi connectivity index (χ1v) is 12.7. The number of carbonyl (C=O) groups is 2. The number of carbonyl (C=O) groups excluding carboxylic acids is 2. The number of benzene rings is 1. The molecule has 10 heteroatoms. The number of nitrogens with one attached hydrogen (secondary N) is 3. The highest BCUT2D eigenvalue weighted by molar-refractivity contribution is 5.95. The maximum atomic E-state index is 13.3. The average Bonchev–Trinajstić information content (AvgIpc) is 3.19. The van der Waals surface area contributed by atoms with Crippen molar-refractivity contribution in [2.75, 3.05) is 11.9 Å². The second kappa shape index (κ2) is 10.8. The molecule has 1 fully saturated rings. The minimum atomic E-state index is -0.915. The fraction of sp³-hybridized carbons (Fsp3) is 0.481. The molecule has 37 heavy (non-hydrogen) atoms. The summed E-state index contributed by atoms with van der Waals surface area (Å²) in [6.07, 6.45) is 4.61. The van der Waals surface area contributed by atoms with Crippen molar-refractivity contribution in [2.24, 2.45) is 10.9 Å². The summed E-state index contributed by atoms with van der Waals surface area (Å²) in [6, 6.07) is 7.27. The van der Waals surface area contributed by atoms with Crippen LogP contribution < -0.4 is 16.3 Å². The predicted molar refractivity (Wildman–Crippen MR) is 139 cm³/mol. The molecule has 0 bridgehead atoms. The fourth-order valence-corrected chi connectivity index (χ4v) is 4.64. The van der Waals surface area contributed by atoms with Crippen molar-refractivity contribution in [1.82, 2.24) is 19.9 Å². The highest BCUT2D eigenvalue weighted by Crippen LogP contribution is 2.33. The number of anilines is 1. The van der Waals surface area contributed by atoms with E-state index in [9.17, 15) is 19.1 Å². The van der Waals surface area contributed by atoms with Crippen LogP contribution in [0.2, 0.25) is 0 Å². The number of aliphatic hydroxyl groups is 1. The van der Waals surface area contributed by atoms with Gasteiger partial charge in [-0.15, -0.1) is 0 Å². The summed E-state index contributed by atoms with van der Waals surface area (Å²) in [5.74, 6) is -0.289. The zero-order valence-electron chi connectivity index (χ0n) is 21.7. The van der Waals surface area contributed by atoms with Crippen molar-refractivity contribution in [3.8, 4) is 0 Å². The quantitative estimate of drug-likeness (QED) is 0.386. The van der Waals surface area contributed by atoms with Gasteiger partial charge in [-0.1, -0.05) is 0 Å². The van der Waals surface area contributed by atoms with Gasteiger partial charge in [0.05, 0.1) is 22.8 Å². The summed E-state index contributed by atoms with van der Waals surface area (Å²) in [6.45, 7) is 7.64. The van der Waals surface area contributed by atoms with Crippen molar-refractivity contribution in [1.29, 1.82) is 0 Å². The third kappa shape index (κ3) is 6.62. The lowest BCUT2D eigenvalue weighted by molar-refractivity contribution is -0.126. The molecule has 198 valence electrons. The Morgan fingerprint density at radius 1 is 1.22 bits per heavy atom. The second-order valence-corrected chi connectivity index (χ2v) is 10.7. The number of aromatic amines is 1. The van der Waals surface area contributed by atoms with E-state index in [1.54, 1.807) is 20.0 Å². The van der Waals surface area contributed by atoms with E-state index in [2.05, 4.69) is 25.6 Å². The molecule has 0 unspecified atom stereocenters. The maximum Gasteiger partial charge on any atom is 0.280 e. The number of amides is 2. The molecule has 1 aliphatic rings. The summed E-state index contributed by atoms with van der Waals surface area (Å²) in [7, 11) is 0. The van der Waals surface area contributed by atoms with Crippen molar-refractivity contribution >= 4 is 28.7 Å². The van der Waals surface area contributed by atoms with Crippen LogP contribution in [0.5, 0.6) is 0 Å². The van der Waals surface area contributed by atoms with Gasteiger partial charge >= 0.3 is 0 Å². The van der Waals surface area contributed by atoms with Crippen LogP contribution >= 0.6 is 0 Å². The van der Waals surface area contributed by atoms with Gasteiger partial charge in [-0.05, 0) is 77.6 Å². The van der Waals surface area contributed by atoms with E-state index in [1.807, 2.05) is 24.5 Å². The number of H-pyrrole nitrogens is 1. The first-order chi connectivity index (χ1) is 17.5. The standard InChI is InChI=1S/C27H35FN6O3/c1-16(2)31-24(35)18-7-11-20(12-8-18)34-22-13-23(30-15-27(3,4)37)29-14-21(22)32-26(34)33-25(36)17-5-9-19(28)10-6-17/h5-6,9-10,13-14,16,18,20,37H,7-8,11-12,15H2,1-4H3,(H,29,30)(H,31,35)(H,32,33,36)/t18-,20+. The summed E-state index contributed by atoms with van der Waals surface area (Å²) in [4.78, 5) is 37.5. The molecule has 4 rings (SSSR count). The van der Waals surface area contributed by atoms with Gasteiger partial charge in [-0.25, -0.2) is 9.37 Å². The third-order valence-electron chi connectivity index (χ3n) is 6.48. The Kier molecular flexibility index (Phi) is 7.77. The van der Waals surface area contributed by atoms with Gasteiger partial charge in [-0.3, -0.25) is 9.59 Å². The molecule has 0 aliphatic heterocycles. The van der Waals surface area contributed by atoms with Gasteiger partial charge in [-0.2, -0.15) is 4.99 Å². The van der Waals surface area contributed by atoms with Crippen LogP contribution in [0.15, 0.2) is 41.5 Å². The van der Waals surface area contributed by atoms with Crippen LogP contribution in [0.1, 0.15) is 69.8 Å². The van der Waals surface area contributed by atoms with E-state index in [0.29, 0.717) is 23.5 Å². The molecule has 9 nitrogen and oxygen atoms in total. The number of hydrogen-bond donors (Lipinski definition) is 4. The van der Waals surface area contributed by atoms with Crippen LogP contribution in [0.4, 0.5) is 10.2 Å². The van der Waals surface area contributed by atoms with E-state index < -0.39 is 17.3 Å². The Morgan fingerprint density at radius 2 is 1.89 bits per heavy atom. The highest BCUT2D eigenvalue weighted by atomic mass is 19.1. The minimum absolute atomic E-state index is 0.0150. The predicted octanol–water partition coefficient (Wildman–Crippen LogP) is 3.68. The molecule has 0 radical (unpaired) electrons. The van der Waals surface area contributed by atoms with Crippen molar-refractivity contribution in [2.45, 2.75) is 71.1 Å². The van der Waals surface area contributed by atoms with E-state index in [0.717, 1.165) is 31.2 Å². The topological polar surface area (TPSA) is 124 Å². The van der Waals surface area contributed by atoms with Gasteiger partial charge in [0.15, 0.2) is 0 Å². The first-order valence-electron chi connectivity index (χ1n) is 12.7. The zero-order valence-corrected chi connectivity index (χ0v) is 21.7. The van der Waals surface area contributed by atoms with Gasteiger partial charge in [0.25, 0.3) is 5.91 Å². The summed E-state index contributed by atoms with van der Waals surface area (Å²) in [5, 5.41) is 16.3. The molecule has 2 amide bonds. The molecule has 1 aromatic carbocycles. The summed E-state index contributed by atoms with van der Waals surface area (Å²) in [5.41, 5.74) is 1.27. The number of pyridine rings is 1. The molecular formula is C27H35FN6O3. The molecule has 1 saturated carbocycles. The fourth-order valence-electron chi connectivity index (χ4n) is 4.64. The summed E-state index contributed by atoms with van der Waals surface area (Å²) < 4.78 is 15.4. The molecule has 4 N–H and O–H groups in total.